The molecule has 0 atom stereocenters. The smallest absolute Gasteiger partial charge is 0.255 e. The second kappa shape index (κ2) is 7.23. The summed E-state index contributed by atoms with van der Waals surface area (Å²) >= 11 is 3.35. The van der Waals surface area contributed by atoms with E-state index in [1.165, 1.54) is 0 Å². The van der Waals surface area contributed by atoms with E-state index in [-0.39, 0.29) is 5.91 Å². The van der Waals surface area contributed by atoms with Crippen molar-refractivity contribution in [2.75, 3.05) is 10.6 Å². The number of amides is 1. The van der Waals surface area contributed by atoms with E-state index in [1.807, 2.05) is 55.5 Å². The van der Waals surface area contributed by atoms with Crippen LogP contribution < -0.4 is 10.6 Å². The predicted octanol–water partition coefficient (Wildman–Crippen LogP) is 4.54. The van der Waals surface area contributed by atoms with Crippen LogP contribution in [0.25, 0.3) is 0 Å². The summed E-state index contributed by atoms with van der Waals surface area (Å²) in [7, 11) is 0. The molecule has 0 radical (unpaired) electrons. The van der Waals surface area contributed by atoms with Crippen molar-refractivity contribution in [2.24, 2.45) is 0 Å². The summed E-state index contributed by atoms with van der Waals surface area (Å²) in [5, 5.41) is 14.1. The fourth-order valence-corrected chi connectivity index (χ4v) is 2.32. The fourth-order valence-electron chi connectivity index (χ4n) is 2.05. The Morgan fingerprint density at radius 3 is 2.17 bits per heavy atom. The van der Waals surface area contributed by atoms with Crippen molar-refractivity contribution in [3.63, 3.8) is 0 Å². The van der Waals surface area contributed by atoms with Crippen LogP contribution in [0.1, 0.15) is 16.1 Å². The highest BCUT2D eigenvalue weighted by atomic mass is 79.9. The lowest BCUT2D eigenvalue weighted by Gasteiger charge is -2.08. The number of carbonyl (C=O) groups is 1. The molecule has 0 fully saturated rings. The van der Waals surface area contributed by atoms with Gasteiger partial charge in [0.05, 0.1) is 5.69 Å². The monoisotopic (exact) mass is 382 g/mol. The van der Waals surface area contributed by atoms with Crippen LogP contribution in [-0.4, -0.2) is 16.1 Å². The molecule has 0 aliphatic heterocycles. The number of halogens is 1. The van der Waals surface area contributed by atoms with E-state index in [2.05, 4.69) is 36.8 Å². The van der Waals surface area contributed by atoms with Gasteiger partial charge in [0.25, 0.3) is 5.91 Å². The molecule has 2 N–H and O–H groups in total. The van der Waals surface area contributed by atoms with Crippen molar-refractivity contribution in [2.45, 2.75) is 6.92 Å². The zero-order valence-electron chi connectivity index (χ0n) is 13.0. The normalized spacial score (nSPS) is 10.2. The molecule has 24 heavy (non-hydrogen) atoms. The van der Waals surface area contributed by atoms with E-state index in [4.69, 9.17) is 0 Å². The molecule has 1 aromatic heterocycles. The third-order valence-electron chi connectivity index (χ3n) is 3.32. The van der Waals surface area contributed by atoms with Gasteiger partial charge in [0, 0.05) is 21.4 Å². The first-order valence-electron chi connectivity index (χ1n) is 7.34. The summed E-state index contributed by atoms with van der Waals surface area (Å²) in [6, 6.07) is 18.4. The molecule has 0 aliphatic carbocycles. The summed E-state index contributed by atoms with van der Waals surface area (Å²) in [5.74, 6) is 0.528. The molecule has 0 bridgehead atoms. The van der Waals surface area contributed by atoms with Gasteiger partial charge in [0.15, 0.2) is 5.82 Å². The lowest BCUT2D eigenvalue weighted by atomic mass is 10.2. The number of aryl methyl sites for hydroxylation is 1. The molecule has 0 unspecified atom stereocenters. The first-order valence-corrected chi connectivity index (χ1v) is 8.14. The second-order valence-corrected chi connectivity index (χ2v) is 6.14. The molecule has 1 amide bonds. The summed E-state index contributed by atoms with van der Waals surface area (Å²) in [5.41, 5.74) is 3.07. The second-order valence-electron chi connectivity index (χ2n) is 5.22. The van der Waals surface area contributed by atoms with Gasteiger partial charge in [-0.2, -0.15) is 5.10 Å². The minimum absolute atomic E-state index is 0.146. The van der Waals surface area contributed by atoms with Crippen molar-refractivity contribution in [1.29, 1.82) is 0 Å². The number of hydrogen-bond acceptors (Lipinski definition) is 4. The van der Waals surface area contributed by atoms with E-state index in [9.17, 15) is 4.79 Å². The average Bonchev–Trinajstić information content (AvgIpc) is 2.59. The van der Waals surface area contributed by atoms with E-state index in [0.717, 1.165) is 21.5 Å². The summed E-state index contributed by atoms with van der Waals surface area (Å²) in [4.78, 5) is 12.2. The summed E-state index contributed by atoms with van der Waals surface area (Å²) < 4.78 is 0.939. The number of benzene rings is 2. The van der Waals surface area contributed by atoms with Gasteiger partial charge in [-0.3, -0.25) is 4.79 Å². The maximum atomic E-state index is 12.2. The van der Waals surface area contributed by atoms with Crippen molar-refractivity contribution in [3.8, 4) is 0 Å². The van der Waals surface area contributed by atoms with Crippen LogP contribution in [-0.2, 0) is 0 Å². The predicted molar refractivity (Wildman–Crippen MR) is 98.6 cm³/mol. The van der Waals surface area contributed by atoms with E-state index in [0.29, 0.717) is 11.4 Å². The zero-order valence-corrected chi connectivity index (χ0v) is 14.5. The van der Waals surface area contributed by atoms with Gasteiger partial charge >= 0.3 is 0 Å². The summed E-state index contributed by atoms with van der Waals surface area (Å²) in [6.45, 7) is 1.89. The number of carbonyl (C=O) groups excluding carboxylic acids is 1. The molecule has 0 spiro atoms. The summed E-state index contributed by atoms with van der Waals surface area (Å²) in [6.07, 6.45) is 0. The maximum absolute atomic E-state index is 12.2. The highest BCUT2D eigenvalue weighted by Gasteiger charge is 2.06. The van der Waals surface area contributed by atoms with Crippen LogP contribution in [0.3, 0.4) is 0 Å². The maximum Gasteiger partial charge on any atom is 0.255 e. The lowest BCUT2D eigenvalue weighted by Crippen LogP contribution is -2.11. The highest BCUT2D eigenvalue weighted by molar-refractivity contribution is 9.10. The topological polar surface area (TPSA) is 66.9 Å². The van der Waals surface area contributed by atoms with Crippen LogP contribution in [0.4, 0.5) is 17.2 Å². The van der Waals surface area contributed by atoms with Crippen LogP contribution in [0.15, 0.2) is 65.1 Å². The SMILES string of the molecule is Cc1ccc(Nc2ccc(NC(=O)c3ccc(Br)cc3)cc2)nn1. The molecule has 0 saturated heterocycles. The Balaban J connectivity index is 1.64. The third-order valence-corrected chi connectivity index (χ3v) is 3.85. The Labute approximate surface area is 148 Å². The van der Waals surface area contributed by atoms with Gasteiger partial charge in [-0.05, 0) is 67.6 Å². The number of hydrogen-bond donors (Lipinski definition) is 2. The molecule has 3 aromatic rings. The fraction of sp³-hybridized carbons (Fsp3) is 0.0556. The standard InChI is InChI=1S/C18H15BrN4O/c1-12-2-11-17(23-22-12)20-15-7-9-16(10-8-15)21-18(24)13-3-5-14(19)6-4-13/h2-11H,1H3,(H,20,23)(H,21,24). The molecule has 3 rings (SSSR count). The molecular weight excluding hydrogens is 368 g/mol. The number of nitrogens with zero attached hydrogens (tertiary/aromatic N) is 2. The van der Waals surface area contributed by atoms with E-state index in [1.54, 1.807) is 12.1 Å². The van der Waals surface area contributed by atoms with E-state index < -0.39 is 0 Å². The Bertz CT molecular complexity index is 830. The van der Waals surface area contributed by atoms with E-state index >= 15 is 0 Å². The van der Waals surface area contributed by atoms with Crippen LogP contribution in [0.5, 0.6) is 0 Å². The Morgan fingerprint density at radius 1 is 0.875 bits per heavy atom. The molecule has 120 valence electrons. The number of aromatic nitrogens is 2. The quantitative estimate of drug-likeness (QED) is 0.694. The number of rotatable bonds is 4. The molecule has 1 heterocycles. The molecule has 2 aromatic carbocycles. The molecular formula is C18H15BrN4O. The molecule has 5 nitrogen and oxygen atoms in total. The van der Waals surface area contributed by atoms with Gasteiger partial charge in [-0.1, -0.05) is 15.9 Å². The number of anilines is 3. The van der Waals surface area contributed by atoms with Gasteiger partial charge in [0.2, 0.25) is 0 Å². The largest absolute Gasteiger partial charge is 0.339 e. The van der Waals surface area contributed by atoms with Crippen molar-refractivity contribution in [3.05, 3.63) is 76.4 Å². The minimum Gasteiger partial charge on any atom is -0.339 e. The first kappa shape index (κ1) is 16.1. The van der Waals surface area contributed by atoms with Crippen molar-refractivity contribution >= 4 is 39.0 Å². The molecule has 0 aliphatic rings. The van der Waals surface area contributed by atoms with Crippen LogP contribution >= 0.6 is 15.9 Å². The Hall–Kier alpha value is -2.73. The van der Waals surface area contributed by atoms with Crippen molar-refractivity contribution in [1.82, 2.24) is 10.2 Å². The molecule has 0 saturated carbocycles. The van der Waals surface area contributed by atoms with Gasteiger partial charge in [-0.25, -0.2) is 0 Å². The first-order chi connectivity index (χ1) is 11.6. The van der Waals surface area contributed by atoms with Gasteiger partial charge in [0.1, 0.15) is 0 Å². The lowest BCUT2D eigenvalue weighted by molar-refractivity contribution is 0.102. The zero-order chi connectivity index (χ0) is 16.9. The Morgan fingerprint density at radius 2 is 1.54 bits per heavy atom. The Kier molecular flexibility index (Phi) is 4.86. The van der Waals surface area contributed by atoms with Crippen molar-refractivity contribution < 1.29 is 4.79 Å². The van der Waals surface area contributed by atoms with Crippen LogP contribution in [0, 0.1) is 6.92 Å². The average molecular weight is 383 g/mol. The minimum atomic E-state index is -0.146. The highest BCUT2D eigenvalue weighted by Crippen LogP contribution is 2.18. The molecule has 6 heteroatoms. The van der Waals surface area contributed by atoms with Crippen LogP contribution in [0.2, 0.25) is 0 Å². The third kappa shape index (κ3) is 4.17. The van der Waals surface area contributed by atoms with Gasteiger partial charge in [-0.15, -0.1) is 5.10 Å². The van der Waals surface area contributed by atoms with Gasteiger partial charge < -0.3 is 10.6 Å². The number of nitrogens with one attached hydrogen (secondary N) is 2.